The fraction of sp³-hybridized carbons (Fsp3) is 0.944. The van der Waals surface area contributed by atoms with E-state index in [1.54, 1.807) is 0 Å². The van der Waals surface area contributed by atoms with Crippen LogP contribution in [0.4, 0.5) is 0 Å². The van der Waals surface area contributed by atoms with Gasteiger partial charge in [0.1, 0.15) is 12.2 Å². The summed E-state index contributed by atoms with van der Waals surface area (Å²) in [5.74, 6) is 0.753. The highest BCUT2D eigenvalue weighted by atomic mass is 16.5. The van der Waals surface area contributed by atoms with E-state index in [1.165, 1.54) is 32.1 Å². The molecular formula is C18H38N2O2. The Morgan fingerprint density at radius 3 is 2.41 bits per heavy atom. The summed E-state index contributed by atoms with van der Waals surface area (Å²) in [5, 5.41) is 11.3. The maximum Gasteiger partial charge on any atom is 0.213 e. The van der Waals surface area contributed by atoms with Crippen molar-refractivity contribution in [1.29, 1.82) is 5.41 Å². The molecule has 4 heteroatoms. The van der Waals surface area contributed by atoms with Crippen LogP contribution in [0.1, 0.15) is 73.6 Å². The molecule has 1 unspecified atom stereocenters. The average Bonchev–Trinajstić information content (AvgIpc) is 2.45. The lowest BCUT2D eigenvalue weighted by Gasteiger charge is -2.27. The van der Waals surface area contributed by atoms with Crippen molar-refractivity contribution in [2.24, 2.45) is 5.92 Å². The van der Waals surface area contributed by atoms with Crippen molar-refractivity contribution in [3.05, 3.63) is 0 Å². The molecule has 4 nitrogen and oxygen atoms in total. The van der Waals surface area contributed by atoms with E-state index in [1.807, 2.05) is 13.8 Å². The summed E-state index contributed by atoms with van der Waals surface area (Å²) in [5.41, 5.74) is -0.643. The number of hydrogen-bond donors (Lipinski definition) is 2. The Morgan fingerprint density at radius 1 is 1.14 bits per heavy atom. The molecule has 0 radical (unpaired) electrons. The van der Waals surface area contributed by atoms with E-state index in [2.05, 4.69) is 33.0 Å². The Labute approximate surface area is 137 Å². The highest BCUT2D eigenvalue weighted by Gasteiger charge is 2.27. The van der Waals surface area contributed by atoms with Crippen LogP contribution in [0.25, 0.3) is 0 Å². The first-order chi connectivity index (χ1) is 10.3. The maximum absolute atomic E-state index is 8.04. The van der Waals surface area contributed by atoms with E-state index < -0.39 is 5.60 Å². The van der Waals surface area contributed by atoms with Crippen molar-refractivity contribution in [1.82, 2.24) is 5.32 Å². The monoisotopic (exact) mass is 314 g/mol. The predicted molar refractivity (Wildman–Crippen MR) is 94.8 cm³/mol. The molecule has 1 atom stereocenters. The van der Waals surface area contributed by atoms with Gasteiger partial charge in [-0.2, -0.15) is 0 Å². The molecule has 132 valence electrons. The Bertz CT molecular complexity index is 291. The first-order valence-corrected chi connectivity index (χ1v) is 8.88. The lowest BCUT2D eigenvalue weighted by atomic mass is 10.0. The number of nitrogens with one attached hydrogen (secondary N) is 2. The number of ether oxygens (including phenoxy) is 2. The van der Waals surface area contributed by atoms with E-state index >= 15 is 0 Å². The van der Waals surface area contributed by atoms with Crippen LogP contribution in [0.5, 0.6) is 0 Å². The molecule has 2 N–H and O–H groups in total. The second-order valence-corrected chi connectivity index (χ2v) is 7.06. The van der Waals surface area contributed by atoms with Crippen LogP contribution in [-0.2, 0) is 9.47 Å². The largest absolute Gasteiger partial charge is 0.478 e. The molecule has 0 saturated heterocycles. The molecule has 0 aliphatic carbocycles. The Kier molecular flexibility index (Phi) is 11.6. The molecule has 0 saturated carbocycles. The minimum absolute atomic E-state index is 0.219. The third-order valence-corrected chi connectivity index (χ3v) is 3.73. The predicted octanol–water partition coefficient (Wildman–Crippen LogP) is 4.38. The first-order valence-electron chi connectivity index (χ1n) is 8.88. The summed E-state index contributed by atoms with van der Waals surface area (Å²) in [6, 6.07) is 0.440. The molecule has 0 aliphatic rings. The zero-order valence-electron chi connectivity index (χ0n) is 15.6. The lowest BCUT2D eigenvalue weighted by molar-refractivity contribution is -0.00359. The summed E-state index contributed by atoms with van der Waals surface area (Å²) >= 11 is 0. The van der Waals surface area contributed by atoms with Crippen LogP contribution in [0, 0.1) is 11.3 Å². The molecule has 0 aromatic rings. The van der Waals surface area contributed by atoms with Crippen molar-refractivity contribution in [3.63, 3.8) is 0 Å². The summed E-state index contributed by atoms with van der Waals surface area (Å²) in [4.78, 5) is 0. The van der Waals surface area contributed by atoms with Crippen LogP contribution < -0.4 is 5.32 Å². The molecule has 0 spiro atoms. The Hall–Kier alpha value is -0.610. The molecular weight excluding hydrogens is 276 g/mol. The maximum atomic E-state index is 8.04. The standard InChI is InChI=1S/C18H38N2O2/c1-7-8-9-10-11-16(4)14-22-18(5,6)17(19)21-13-12-20-15(2)3/h15-16,19-20H,7-14H2,1-6H3. The van der Waals surface area contributed by atoms with Crippen molar-refractivity contribution < 1.29 is 9.47 Å². The zero-order valence-corrected chi connectivity index (χ0v) is 15.6. The number of hydrogen-bond acceptors (Lipinski definition) is 4. The molecule has 0 amide bonds. The van der Waals surface area contributed by atoms with Crippen LogP contribution in [0.15, 0.2) is 0 Å². The van der Waals surface area contributed by atoms with Gasteiger partial charge in [-0.25, -0.2) is 0 Å². The normalized spacial score (nSPS) is 13.4. The summed E-state index contributed by atoms with van der Waals surface area (Å²) < 4.78 is 11.4. The summed E-state index contributed by atoms with van der Waals surface area (Å²) in [6.45, 7) is 14.4. The molecule has 0 aromatic heterocycles. The van der Waals surface area contributed by atoms with Crippen LogP contribution in [-0.4, -0.2) is 37.3 Å². The molecule has 0 aromatic carbocycles. The third-order valence-electron chi connectivity index (χ3n) is 3.73. The van der Waals surface area contributed by atoms with Gasteiger partial charge in [-0.1, -0.05) is 53.4 Å². The molecule has 0 rings (SSSR count). The molecule has 0 aliphatic heterocycles. The minimum atomic E-state index is -0.643. The fourth-order valence-corrected chi connectivity index (χ4v) is 2.09. The van der Waals surface area contributed by atoms with Crippen LogP contribution >= 0.6 is 0 Å². The highest BCUT2D eigenvalue weighted by Crippen LogP contribution is 2.17. The molecule has 22 heavy (non-hydrogen) atoms. The Morgan fingerprint density at radius 2 is 1.82 bits per heavy atom. The summed E-state index contributed by atoms with van der Waals surface area (Å²) in [6.07, 6.45) is 6.38. The quantitative estimate of drug-likeness (QED) is 0.301. The number of unbranched alkanes of at least 4 members (excludes halogenated alkanes) is 3. The van der Waals surface area contributed by atoms with Gasteiger partial charge in [0, 0.05) is 12.6 Å². The second-order valence-electron chi connectivity index (χ2n) is 7.06. The summed E-state index contributed by atoms with van der Waals surface area (Å²) in [7, 11) is 0. The van der Waals surface area contributed by atoms with E-state index in [0.717, 1.165) is 6.54 Å². The third kappa shape index (κ3) is 11.0. The minimum Gasteiger partial charge on any atom is -0.478 e. The smallest absolute Gasteiger partial charge is 0.213 e. The first kappa shape index (κ1) is 21.4. The fourth-order valence-electron chi connectivity index (χ4n) is 2.09. The van der Waals surface area contributed by atoms with Gasteiger partial charge in [0.05, 0.1) is 6.61 Å². The molecule has 0 bridgehead atoms. The van der Waals surface area contributed by atoms with Crippen molar-refractivity contribution in [2.75, 3.05) is 19.8 Å². The van der Waals surface area contributed by atoms with Crippen LogP contribution in [0.2, 0.25) is 0 Å². The van der Waals surface area contributed by atoms with Gasteiger partial charge in [0.2, 0.25) is 5.90 Å². The van der Waals surface area contributed by atoms with Gasteiger partial charge in [0.25, 0.3) is 0 Å². The highest BCUT2D eigenvalue weighted by molar-refractivity contribution is 5.81. The SMILES string of the molecule is CCCCCCC(C)COC(C)(C)C(=N)OCCNC(C)C. The van der Waals surface area contributed by atoms with E-state index in [9.17, 15) is 0 Å². The van der Waals surface area contributed by atoms with Gasteiger partial charge in [-0.15, -0.1) is 0 Å². The van der Waals surface area contributed by atoms with Gasteiger partial charge in [0.15, 0.2) is 0 Å². The topological polar surface area (TPSA) is 54.3 Å². The van der Waals surface area contributed by atoms with Crippen molar-refractivity contribution >= 4 is 5.90 Å². The molecule has 0 fully saturated rings. The zero-order chi connectivity index (χ0) is 17.0. The Balaban J connectivity index is 3.88. The van der Waals surface area contributed by atoms with Gasteiger partial charge in [-0.3, -0.25) is 5.41 Å². The second kappa shape index (κ2) is 11.9. The number of rotatable bonds is 13. The van der Waals surface area contributed by atoms with E-state index in [-0.39, 0.29) is 5.90 Å². The van der Waals surface area contributed by atoms with Crippen molar-refractivity contribution in [3.8, 4) is 0 Å². The van der Waals surface area contributed by atoms with E-state index in [0.29, 0.717) is 25.2 Å². The van der Waals surface area contributed by atoms with Crippen LogP contribution in [0.3, 0.4) is 0 Å². The molecule has 0 heterocycles. The average molecular weight is 315 g/mol. The van der Waals surface area contributed by atoms with Crippen molar-refractivity contribution in [2.45, 2.75) is 85.3 Å². The lowest BCUT2D eigenvalue weighted by Crippen LogP contribution is -2.39. The van der Waals surface area contributed by atoms with Gasteiger partial charge in [-0.05, 0) is 26.2 Å². The van der Waals surface area contributed by atoms with Gasteiger partial charge >= 0.3 is 0 Å². The van der Waals surface area contributed by atoms with E-state index in [4.69, 9.17) is 14.9 Å². The van der Waals surface area contributed by atoms with Gasteiger partial charge < -0.3 is 14.8 Å².